The number of hydrogen-bond donors (Lipinski definition) is 0. The maximum atomic E-state index is 8.90. The first kappa shape index (κ1) is 9.08. The van der Waals surface area contributed by atoms with Crippen LogP contribution in [0, 0.1) is 11.3 Å². The van der Waals surface area contributed by atoms with Crippen molar-refractivity contribution in [2.24, 2.45) is 4.99 Å². The van der Waals surface area contributed by atoms with Gasteiger partial charge in [-0.1, -0.05) is 0 Å². The molecule has 0 radical (unpaired) electrons. The van der Waals surface area contributed by atoms with Crippen LogP contribution in [0.2, 0.25) is 0 Å². The topological polar surface area (TPSA) is 36.1 Å². The lowest BCUT2D eigenvalue weighted by atomic mass is 10.0. The van der Waals surface area contributed by atoms with Gasteiger partial charge in [0.15, 0.2) is 0 Å². The Kier molecular flexibility index (Phi) is 2.41. The van der Waals surface area contributed by atoms with Crippen LogP contribution < -0.4 is 0 Å². The highest BCUT2D eigenvalue weighted by molar-refractivity contribution is 7.78. The molecule has 1 aliphatic carbocycles. The third kappa shape index (κ3) is 1.72. The summed E-state index contributed by atoms with van der Waals surface area (Å²) in [5, 5.41) is 11.2. The Balaban J connectivity index is 2.47. The van der Waals surface area contributed by atoms with E-state index in [1.54, 1.807) is 12.1 Å². The average Bonchev–Trinajstić information content (AvgIpc) is 3.01. The zero-order valence-electron chi connectivity index (χ0n) is 7.53. The minimum Gasteiger partial charge on any atom is -0.195 e. The number of aliphatic imine (C=N–C) groups is 1. The summed E-state index contributed by atoms with van der Waals surface area (Å²) in [6.07, 6.45) is 2.36. The van der Waals surface area contributed by atoms with Gasteiger partial charge in [-0.15, -0.1) is 0 Å². The highest BCUT2D eigenvalue weighted by Crippen LogP contribution is 2.42. The van der Waals surface area contributed by atoms with E-state index in [4.69, 9.17) is 5.26 Å². The molecule has 14 heavy (non-hydrogen) atoms. The molecule has 1 fully saturated rings. The summed E-state index contributed by atoms with van der Waals surface area (Å²) in [5.74, 6) is 0.560. The average molecular weight is 200 g/mol. The summed E-state index contributed by atoms with van der Waals surface area (Å²) in [4.78, 5) is 3.91. The first-order valence-electron chi connectivity index (χ1n) is 4.47. The maximum Gasteiger partial charge on any atom is 0.0994 e. The van der Waals surface area contributed by atoms with Crippen LogP contribution in [-0.2, 0) is 0 Å². The molecule has 0 heterocycles. The highest BCUT2D eigenvalue weighted by atomic mass is 32.1. The molecule has 1 saturated carbocycles. The Labute approximate surface area is 87.9 Å². The number of benzene rings is 1. The van der Waals surface area contributed by atoms with Crippen LogP contribution in [0.5, 0.6) is 0 Å². The largest absolute Gasteiger partial charge is 0.195 e. The van der Waals surface area contributed by atoms with Gasteiger partial charge in [-0.05, 0) is 54.7 Å². The molecule has 0 spiro atoms. The van der Waals surface area contributed by atoms with E-state index in [2.05, 4.69) is 28.4 Å². The second-order valence-electron chi connectivity index (χ2n) is 3.36. The molecule has 2 rings (SSSR count). The lowest BCUT2D eigenvalue weighted by molar-refractivity contribution is 1.12. The molecule has 68 valence electrons. The molecule has 0 unspecified atom stereocenters. The number of nitrogens with zero attached hydrogens (tertiary/aromatic N) is 2. The number of nitriles is 1. The monoisotopic (exact) mass is 200 g/mol. The van der Waals surface area contributed by atoms with Crippen molar-refractivity contribution >= 4 is 23.1 Å². The summed E-state index contributed by atoms with van der Waals surface area (Å²) < 4.78 is 0. The van der Waals surface area contributed by atoms with Gasteiger partial charge in [-0.2, -0.15) is 10.3 Å². The predicted octanol–water partition coefficient (Wildman–Crippen LogP) is 3.17. The molecule has 3 heteroatoms. The SMILES string of the molecule is N#Cc1ccc(N=C=S)cc1C1CC1. The van der Waals surface area contributed by atoms with Gasteiger partial charge < -0.3 is 0 Å². The van der Waals surface area contributed by atoms with Gasteiger partial charge in [0.25, 0.3) is 0 Å². The van der Waals surface area contributed by atoms with Gasteiger partial charge in [0, 0.05) is 0 Å². The van der Waals surface area contributed by atoms with Crippen molar-refractivity contribution < 1.29 is 0 Å². The van der Waals surface area contributed by atoms with Crippen molar-refractivity contribution in [2.45, 2.75) is 18.8 Å². The van der Waals surface area contributed by atoms with Crippen LogP contribution in [-0.4, -0.2) is 5.16 Å². The van der Waals surface area contributed by atoms with Crippen LogP contribution in [0.15, 0.2) is 23.2 Å². The van der Waals surface area contributed by atoms with Gasteiger partial charge >= 0.3 is 0 Å². The quantitative estimate of drug-likeness (QED) is 0.543. The van der Waals surface area contributed by atoms with Gasteiger partial charge in [0.1, 0.15) is 0 Å². The molecule has 0 N–H and O–H groups in total. The fourth-order valence-electron chi connectivity index (χ4n) is 1.51. The molecule has 0 bridgehead atoms. The Morgan fingerprint density at radius 1 is 1.43 bits per heavy atom. The van der Waals surface area contributed by atoms with E-state index in [1.165, 1.54) is 12.8 Å². The number of thiocarbonyl (C=S) groups is 1. The van der Waals surface area contributed by atoms with Crippen molar-refractivity contribution in [3.63, 3.8) is 0 Å². The van der Waals surface area contributed by atoms with E-state index < -0.39 is 0 Å². The standard InChI is InChI=1S/C11H8N2S/c12-6-9-3-4-10(13-7-14)5-11(9)8-1-2-8/h3-5,8H,1-2H2. The van der Waals surface area contributed by atoms with E-state index in [0.717, 1.165) is 16.8 Å². The minimum atomic E-state index is 0.560. The third-order valence-corrected chi connectivity index (χ3v) is 2.44. The van der Waals surface area contributed by atoms with E-state index in [0.29, 0.717) is 5.92 Å². The summed E-state index contributed by atoms with van der Waals surface area (Å²) >= 11 is 4.54. The Bertz CT molecular complexity index is 449. The fourth-order valence-corrected chi connectivity index (χ4v) is 1.61. The van der Waals surface area contributed by atoms with Crippen molar-refractivity contribution in [3.05, 3.63) is 29.3 Å². The van der Waals surface area contributed by atoms with Crippen LogP contribution in [0.1, 0.15) is 29.9 Å². The molecule has 0 aliphatic heterocycles. The van der Waals surface area contributed by atoms with Crippen molar-refractivity contribution in [1.82, 2.24) is 0 Å². The van der Waals surface area contributed by atoms with Crippen LogP contribution >= 0.6 is 12.2 Å². The maximum absolute atomic E-state index is 8.90. The lowest BCUT2D eigenvalue weighted by Crippen LogP contribution is -1.85. The van der Waals surface area contributed by atoms with Gasteiger partial charge in [0.2, 0.25) is 0 Å². The molecule has 1 aromatic rings. The third-order valence-electron chi connectivity index (χ3n) is 2.35. The first-order valence-corrected chi connectivity index (χ1v) is 4.88. The second-order valence-corrected chi connectivity index (χ2v) is 3.54. The van der Waals surface area contributed by atoms with Crippen LogP contribution in [0.3, 0.4) is 0 Å². The Morgan fingerprint density at radius 2 is 2.21 bits per heavy atom. The summed E-state index contributed by atoms with van der Waals surface area (Å²) in [6.45, 7) is 0. The van der Waals surface area contributed by atoms with E-state index in [-0.39, 0.29) is 0 Å². The first-order chi connectivity index (χ1) is 6.85. The van der Waals surface area contributed by atoms with Crippen LogP contribution in [0.25, 0.3) is 0 Å². The summed E-state index contributed by atoms with van der Waals surface area (Å²) in [6, 6.07) is 7.74. The van der Waals surface area contributed by atoms with E-state index in [1.807, 2.05) is 6.07 Å². The zero-order valence-corrected chi connectivity index (χ0v) is 8.34. The molecule has 0 atom stereocenters. The van der Waals surface area contributed by atoms with Crippen LogP contribution in [0.4, 0.5) is 5.69 Å². The number of isothiocyanates is 1. The molecule has 0 amide bonds. The second kappa shape index (κ2) is 3.71. The van der Waals surface area contributed by atoms with Gasteiger partial charge in [-0.3, -0.25) is 0 Å². The Hall–Kier alpha value is -1.49. The molecule has 0 saturated heterocycles. The molecule has 2 nitrogen and oxygen atoms in total. The van der Waals surface area contributed by atoms with Crippen molar-refractivity contribution in [1.29, 1.82) is 5.26 Å². The summed E-state index contributed by atoms with van der Waals surface area (Å²) in [7, 11) is 0. The molecular formula is C11H8N2S. The molecule has 1 aliphatic rings. The molecule has 0 aromatic heterocycles. The summed E-state index contributed by atoms with van der Waals surface area (Å²) in [5.41, 5.74) is 2.66. The van der Waals surface area contributed by atoms with E-state index >= 15 is 0 Å². The van der Waals surface area contributed by atoms with E-state index in [9.17, 15) is 0 Å². The van der Waals surface area contributed by atoms with Gasteiger partial charge in [0.05, 0.1) is 22.5 Å². The molecule has 1 aromatic carbocycles. The number of rotatable bonds is 2. The molecular weight excluding hydrogens is 192 g/mol. The fraction of sp³-hybridized carbons (Fsp3) is 0.273. The predicted molar refractivity (Wildman–Crippen MR) is 57.8 cm³/mol. The van der Waals surface area contributed by atoms with Crippen molar-refractivity contribution in [2.75, 3.05) is 0 Å². The minimum absolute atomic E-state index is 0.560. The van der Waals surface area contributed by atoms with Crippen molar-refractivity contribution in [3.8, 4) is 6.07 Å². The Morgan fingerprint density at radius 3 is 2.79 bits per heavy atom. The highest BCUT2D eigenvalue weighted by Gasteiger charge is 2.26. The normalized spacial score (nSPS) is 14.2. The lowest BCUT2D eigenvalue weighted by Gasteiger charge is -2.01. The zero-order chi connectivity index (χ0) is 9.97. The van der Waals surface area contributed by atoms with Gasteiger partial charge in [-0.25, -0.2) is 0 Å². The smallest absolute Gasteiger partial charge is 0.0994 e. The number of hydrogen-bond acceptors (Lipinski definition) is 3.